The number of aromatic nitrogens is 3. The standard InChI is InChI=1S/C23H37N7/c1-5-21-9-7-8-13-29(21)14-12-25-23(24-6-2)27-17-20-10-11-22(26-16-20)30-19(4)15-18(3)28-30/h10-11,15-16,21H,5-9,12-14,17H2,1-4H3,(H2,24,25,27). The van der Waals surface area contributed by atoms with Crippen molar-refractivity contribution in [3.05, 3.63) is 41.3 Å². The largest absolute Gasteiger partial charge is 0.357 e. The second-order valence-corrected chi connectivity index (χ2v) is 8.08. The number of rotatable bonds is 8. The van der Waals surface area contributed by atoms with Gasteiger partial charge in [0.1, 0.15) is 0 Å². The Morgan fingerprint density at radius 1 is 1.20 bits per heavy atom. The van der Waals surface area contributed by atoms with Crippen LogP contribution in [0.3, 0.4) is 0 Å². The predicted octanol–water partition coefficient (Wildman–Crippen LogP) is 3.20. The van der Waals surface area contributed by atoms with Crippen LogP contribution in [-0.2, 0) is 6.54 Å². The molecular formula is C23H37N7. The van der Waals surface area contributed by atoms with E-state index < -0.39 is 0 Å². The van der Waals surface area contributed by atoms with Crippen molar-refractivity contribution in [2.45, 2.75) is 66.0 Å². The molecule has 0 aromatic carbocycles. The number of nitrogens with one attached hydrogen (secondary N) is 2. The van der Waals surface area contributed by atoms with Crippen molar-refractivity contribution in [1.29, 1.82) is 0 Å². The summed E-state index contributed by atoms with van der Waals surface area (Å²) in [7, 11) is 0. The maximum absolute atomic E-state index is 4.74. The zero-order chi connectivity index (χ0) is 21.3. The molecule has 0 aliphatic carbocycles. The molecular weight excluding hydrogens is 374 g/mol. The van der Waals surface area contributed by atoms with Crippen molar-refractivity contribution in [1.82, 2.24) is 30.3 Å². The summed E-state index contributed by atoms with van der Waals surface area (Å²) in [5.74, 6) is 1.70. The van der Waals surface area contributed by atoms with E-state index >= 15 is 0 Å². The van der Waals surface area contributed by atoms with Crippen LogP contribution >= 0.6 is 0 Å². The van der Waals surface area contributed by atoms with Crippen molar-refractivity contribution in [3.63, 3.8) is 0 Å². The van der Waals surface area contributed by atoms with Gasteiger partial charge in [-0.1, -0.05) is 19.4 Å². The van der Waals surface area contributed by atoms with Crippen molar-refractivity contribution < 1.29 is 0 Å². The number of nitrogens with zero attached hydrogens (tertiary/aromatic N) is 5. The molecule has 1 aliphatic heterocycles. The predicted molar refractivity (Wildman–Crippen MR) is 123 cm³/mol. The van der Waals surface area contributed by atoms with E-state index in [-0.39, 0.29) is 0 Å². The van der Waals surface area contributed by atoms with E-state index in [9.17, 15) is 0 Å². The molecule has 0 radical (unpaired) electrons. The van der Waals surface area contributed by atoms with E-state index in [1.165, 1.54) is 32.2 Å². The lowest BCUT2D eigenvalue weighted by atomic mass is 10.0. The lowest BCUT2D eigenvalue weighted by molar-refractivity contribution is 0.147. The van der Waals surface area contributed by atoms with Crippen LogP contribution in [0.15, 0.2) is 29.4 Å². The van der Waals surface area contributed by atoms with E-state index in [2.05, 4.69) is 51.6 Å². The molecule has 164 valence electrons. The van der Waals surface area contributed by atoms with E-state index in [1.807, 2.05) is 30.8 Å². The maximum atomic E-state index is 4.74. The highest BCUT2D eigenvalue weighted by atomic mass is 15.3. The molecule has 1 aliphatic rings. The second-order valence-electron chi connectivity index (χ2n) is 8.08. The molecule has 3 rings (SSSR count). The summed E-state index contributed by atoms with van der Waals surface area (Å²) >= 11 is 0. The third-order valence-corrected chi connectivity index (χ3v) is 5.71. The summed E-state index contributed by atoms with van der Waals surface area (Å²) in [6.07, 6.45) is 7.17. The first-order valence-corrected chi connectivity index (χ1v) is 11.4. The molecule has 1 saturated heterocycles. The molecule has 0 amide bonds. The van der Waals surface area contributed by atoms with E-state index in [1.54, 1.807) is 0 Å². The molecule has 1 fully saturated rings. The van der Waals surface area contributed by atoms with Gasteiger partial charge >= 0.3 is 0 Å². The van der Waals surface area contributed by atoms with Gasteiger partial charge in [0.05, 0.1) is 12.2 Å². The highest BCUT2D eigenvalue weighted by molar-refractivity contribution is 5.79. The van der Waals surface area contributed by atoms with Gasteiger partial charge in [-0.25, -0.2) is 14.7 Å². The normalized spacial score (nSPS) is 17.9. The highest BCUT2D eigenvalue weighted by Crippen LogP contribution is 2.18. The third kappa shape index (κ3) is 6.05. The molecule has 2 aromatic rings. The Balaban J connectivity index is 1.54. The first-order valence-electron chi connectivity index (χ1n) is 11.4. The van der Waals surface area contributed by atoms with Crippen LogP contribution in [0.4, 0.5) is 0 Å². The van der Waals surface area contributed by atoms with Crippen LogP contribution in [0.25, 0.3) is 5.82 Å². The fraction of sp³-hybridized carbons (Fsp3) is 0.609. The lowest BCUT2D eigenvalue weighted by Gasteiger charge is -2.35. The number of pyridine rings is 1. The summed E-state index contributed by atoms with van der Waals surface area (Å²) in [5.41, 5.74) is 3.17. The van der Waals surface area contributed by atoms with Gasteiger partial charge in [-0.05, 0) is 64.3 Å². The monoisotopic (exact) mass is 411 g/mol. The summed E-state index contributed by atoms with van der Waals surface area (Å²) in [6.45, 7) is 13.1. The van der Waals surface area contributed by atoms with Crippen LogP contribution < -0.4 is 10.6 Å². The number of likely N-dealkylation sites (tertiary alicyclic amines) is 1. The third-order valence-electron chi connectivity index (χ3n) is 5.71. The van der Waals surface area contributed by atoms with Gasteiger partial charge in [0.15, 0.2) is 11.8 Å². The van der Waals surface area contributed by atoms with Crippen LogP contribution in [0, 0.1) is 13.8 Å². The molecule has 3 heterocycles. The number of aryl methyl sites for hydroxylation is 2. The molecule has 2 aromatic heterocycles. The summed E-state index contributed by atoms with van der Waals surface area (Å²) < 4.78 is 1.87. The highest BCUT2D eigenvalue weighted by Gasteiger charge is 2.19. The fourth-order valence-corrected chi connectivity index (χ4v) is 4.14. The fourth-order valence-electron chi connectivity index (χ4n) is 4.14. The van der Waals surface area contributed by atoms with Gasteiger partial charge in [-0.15, -0.1) is 0 Å². The Morgan fingerprint density at radius 2 is 2.07 bits per heavy atom. The minimum atomic E-state index is 0.598. The SMILES string of the molecule is CCNC(=NCc1ccc(-n2nc(C)cc2C)nc1)NCCN1CCCCC1CC. The number of piperidine rings is 1. The van der Waals surface area contributed by atoms with Gasteiger partial charge in [-0.3, -0.25) is 4.90 Å². The van der Waals surface area contributed by atoms with Crippen LogP contribution in [-0.4, -0.2) is 57.8 Å². The molecule has 1 atom stereocenters. The Labute approximate surface area is 181 Å². The molecule has 30 heavy (non-hydrogen) atoms. The number of hydrogen-bond acceptors (Lipinski definition) is 4. The molecule has 0 saturated carbocycles. The molecule has 7 nitrogen and oxygen atoms in total. The lowest BCUT2D eigenvalue weighted by Crippen LogP contribution is -2.45. The van der Waals surface area contributed by atoms with Gasteiger partial charge in [-0.2, -0.15) is 5.10 Å². The number of hydrogen-bond donors (Lipinski definition) is 2. The molecule has 7 heteroatoms. The van der Waals surface area contributed by atoms with Crippen molar-refractivity contribution in [3.8, 4) is 5.82 Å². The Morgan fingerprint density at radius 3 is 2.73 bits per heavy atom. The molecule has 0 bridgehead atoms. The molecule has 1 unspecified atom stereocenters. The summed E-state index contributed by atoms with van der Waals surface area (Å²) in [4.78, 5) is 11.9. The van der Waals surface area contributed by atoms with Gasteiger partial charge < -0.3 is 10.6 Å². The molecule has 2 N–H and O–H groups in total. The average Bonchev–Trinajstić information content (AvgIpc) is 3.10. The average molecular weight is 412 g/mol. The van der Waals surface area contributed by atoms with E-state index in [0.717, 1.165) is 54.4 Å². The maximum Gasteiger partial charge on any atom is 0.191 e. The summed E-state index contributed by atoms with van der Waals surface area (Å²) in [5, 5.41) is 11.3. The zero-order valence-electron chi connectivity index (χ0n) is 19.0. The van der Waals surface area contributed by atoms with Crippen molar-refractivity contribution >= 4 is 5.96 Å². The Kier molecular flexibility index (Phi) is 8.25. The first-order chi connectivity index (χ1) is 14.6. The smallest absolute Gasteiger partial charge is 0.191 e. The molecule has 0 spiro atoms. The topological polar surface area (TPSA) is 70.4 Å². The van der Waals surface area contributed by atoms with Gasteiger partial charge in [0.2, 0.25) is 0 Å². The number of aliphatic imine (C=N–C) groups is 1. The van der Waals surface area contributed by atoms with E-state index in [4.69, 9.17) is 4.99 Å². The quantitative estimate of drug-likeness (QED) is 0.516. The Hall–Kier alpha value is -2.41. The minimum absolute atomic E-state index is 0.598. The van der Waals surface area contributed by atoms with Crippen LogP contribution in [0.2, 0.25) is 0 Å². The van der Waals surface area contributed by atoms with Gasteiger partial charge in [0, 0.05) is 37.6 Å². The van der Waals surface area contributed by atoms with Crippen molar-refractivity contribution in [2.24, 2.45) is 4.99 Å². The van der Waals surface area contributed by atoms with Gasteiger partial charge in [0.25, 0.3) is 0 Å². The van der Waals surface area contributed by atoms with Crippen molar-refractivity contribution in [2.75, 3.05) is 26.2 Å². The van der Waals surface area contributed by atoms with Crippen LogP contribution in [0.1, 0.15) is 56.5 Å². The Bertz CT molecular complexity index is 809. The second kappa shape index (κ2) is 11.1. The summed E-state index contributed by atoms with van der Waals surface area (Å²) in [6, 6.07) is 6.88. The number of guanidine groups is 1. The minimum Gasteiger partial charge on any atom is -0.357 e. The van der Waals surface area contributed by atoms with E-state index in [0.29, 0.717) is 6.54 Å². The zero-order valence-corrected chi connectivity index (χ0v) is 19.0. The van der Waals surface area contributed by atoms with Crippen LogP contribution in [0.5, 0.6) is 0 Å². The first kappa shape index (κ1) is 22.3.